The highest BCUT2D eigenvalue weighted by Gasteiger charge is 2.16. The summed E-state index contributed by atoms with van der Waals surface area (Å²) in [4.78, 5) is 1.05. The van der Waals surface area contributed by atoms with Crippen molar-refractivity contribution in [1.29, 1.82) is 0 Å². The van der Waals surface area contributed by atoms with E-state index in [1.54, 1.807) is 23.5 Å². The van der Waals surface area contributed by atoms with E-state index in [0.717, 1.165) is 18.7 Å². The van der Waals surface area contributed by atoms with Gasteiger partial charge in [0.05, 0.1) is 9.83 Å². The maximum Gasteiger partial charge on any atom is 0.123 e. The summed E-state index contributed by atoms with van der Waals surface area (Å²) in [5.41, 5.74) is 3.67. The highest BCUT2D eigenvalue weighted by atomic mass is 79.9. The van der Waals surface area contributed by atoms with E-state index in [-0.39, 0.29) is 11.9 Å². The Hall–Kier alpha value is -0.270. The van der Waals surface area contributed by atoms with Crippen LogP contribution in [0.2, 0.25) is 0 Å². The van der Waals surface area contributed by atoms with Gasteiger partial charge in [-0.15, -0.1) is 11.3 Å². The third-order valence-electron chi connectivity index (χ3n) is 2.32. The van der Waals surface area contributed by atoms with E-state index in [1.165, 1.54) is 12.1 Å². The number of hydrazine groups is 1. The van der Waals surface area contributed by atoms with Gasteiger partial charge < -0.3 is 0 Å². The Kier molecular flexibility index (Phi) is 4.32. The number of rotatable bonds is 3. The number of halogens is 3. The molecule has 1 atom stereocenters. The van der Waals surface area contributed by atoms with Gasteiger partial charge in [-0.1, -0.05) is 12.1 Å². The lowest BCUT2D eigenvalue weighted by atomic mass is 10.1. The summed E-state index contributed by atoms with van der Waals surface area (Å²) in [6.45, 7) is 0. The molecule has 2 aromatic rings. The van der Waals surface area contributed by atoms with E-state index in [0.29, 0.717) is 0 Å². The summed E-state index contributed by atoms with van der Waals surface area (Å²) >= 11 is 8.45. The predicted molar refractivity (Wildman–Crippen MR) is 75.3 cm³/mol. The van der Waals surface area contributed by atoms with Gasteiger partial charge in [0, 0.05) is 9.35 Å². The predicted octanol–water partition coefficient (Wildman–Crippen LogP) is 3.96. The largest absolute Gasteiger partial charge is 0.271 e. The highest BCUT2D eigenvalue weighted by molar-refractivity contribution is 9.13. The molecule has 1 aromatic heterocycles. The fourth-order valence-electron chi connectivity index (χ4n) is 1.50. The summed E-state index contributed by atoms with van der Waals surface area (Å²) in [6.07, 6.45) is 0. The van der Waals surface area contributed by atoms with Crippen LogP contribution in [0.1, 0.15) is 16.5 Å². The first-order chi connectivity index (χ1) is 8.11. The quantitative estimate of drug-likeness (QED) is 0.625. The second-order valence-corrected chi connectivity index (χ2v) is 6.68. The minimum atomic E-state index is -0.252. The number of hydrogen-bond donors (Lipinski definition) is 2. The van der Waals surface area contributed by atoms with Crippen LogP contribution < -0.4 is 11.3 Å². The van der Waals surface area contributed by atoms with Crippen molar-refractivity contribution in [1.82, 2.24) is 5.43 Å². The van der Waals surface area contributed by atoms with E-state index in [2.05, 4.69) is 37.3 Å². The molecular weight excluding hydrogens is 371 g/mol. The number of hydrogen-bond acceptors (Lipinski definition) is 3. The Bertz CT molecular complexity index is 493. The van der Waals surface area contributed by atoms with E-state index >= 15 is 0 Å². The maximum atomic E-state index is 12.9. The van der Waals surface area contributed by atoms with Crippen LogP contribution in [0.4, 0.5) is 4.39 Å². The fourth-order valence-corrected chi connectivity index (χ4v) is 3.68. The minimum absolute atomic E-state index is 0.136. The van der Waals surface area contributed by atoms with Crippen molar-refractivity contribution in [2.75, 3.05) is 0 Å². The molecule has 0 spiro atoms. The summed E-state index contributed by atoms with van der Waals surface area (Å²) in [5, 5.41) is 0. The van der Waals surface area contributed by atoms with Gasteiger partial charge in [-0.2, -0.15) is 0 Å². The van der Waals surface area contributed by atoms with Gasteiger partial charge in [0.1, 0.15) is 5.82 Å². The minimum Gasteiger partial charge on any atom is -0.271 e. The molecule has 0 saturated carbocycles. The van der Waals surface area contributed by atoms with Crippen molar-refractivity contribution in [3.05, 3.63) is 54.8 Å². The molecular formula is C11H9Br2FN2S. The topological polar surface area (TPSA) is 38.0 Å². The Morgan fingerprint density at radius 2 is 1.88 bits per heavy atom. The standard InChI is InChI=1S/C11H9Br2FN2S/c12-8-5-9(17-11(8)13)10(16-15)6-1-3-7(14)4-2-6/h1-5,10,16H,15H2. The van der Waals surface area contributed by atoms with Crippen LogP contribution in [0, 0.1) is 5.82 Å². The van der Waals surface area contributed by atoms with Gasteiger partial charge >= 0.3 is 0 Å². The number of thiophene rings is 1. The molecule has 0 saturated heterocycles. The molecule has 3 N–H and O–H groups in total. The molecule has 2 nitrogen and oxygen atoms in total. The Morgan fingerprint density at radius 3 is 2.35 bits per heavy atom. The van der Waals surface area contributed by atoms with Gasteiger partial charge in [-0.05, 0) is 55.6 Å². The van der Waals surface area contributed by atoms with Gasteiger partial charge in [0.15, 0.2) is 0 Å². The Balaban J connectivity index is 2.36. The summed E-state index contributed by atoms with van der Waals surface area (Å²) in [7, 11) is 0. The molecule has 0 radical (unpaired) electrons. The van der Waals surface area contributed by atoms with E-state index in [1.807, 2.05) is 6.07 Å². The molecule has 0 fully saturated rings. The van der Waals surface area contributed by atoms with Crippen molar-refractivity contribution in [3.8, 4) is 0 Å². The normalized spacial score (nSPS) is 12.7. The smallest absolute Gasteiger partial charge is 0.123 e. The van der Waals surface area contributed by atoms with Crippen LogP contribution in [0.15, 0.2) is 38.6 Å². The van der Waals surface area contributed by atoms with Crippen molar-refractivity contribution in [2.45, 2.75) is 6.04 Å². The first kappa shape index (κ1) is 13.2. The van der Waals surface area contributed by atoms with Gasteiger partial charge in [-0.3, -0.25) is 5.84 Å². The number of nitrogens with one attached hydrogen (secondary N) is 1. The molecule has 6 heteroatoms. The second-order valence-electron chi connectivity index (χ2n) is 3.42. The zero-order valence-electron chi connectivity index (χ0n) is 8.58. The average molecular weight is 380 g/mol. The lowest BCUT2D eigenvalue weighted by Gasteiger charge is -2.14. The maximum absolute atomic E-state index is 12.9. The van der Waals surface area contributed by atoms with Crippen LogP contribution in [0.5, 0.6) is 0 Å². The zero-order valence-corrected chi connectivity index (χ0v) is 12.6. The third-order valence-corrected chi connectivity index (χ3v) is 5.64. The van der Waals surface area contributed by atoms with E-state index < -0.39 is 0 Å². The fraction of sp³-hybridized carbons (Fsp3) is 0.0909. The van der Waals surface area contributed by atoms with Crippen molar-refractivity contribution >= 4 is 43.2 Å². The van der Waals surface area contributed by atoms with Crippen LogP contribution in [-0.2, 0) is 0 Å². The molecule has 90 valence electrons. The van der Waals surface area contributed by atoms with Crippen molar-refractivity contribution in [2.24, 2.45) is 5.84 Å². The number of benzene rings is 1. The third kappa shape index (κ3) is 2.95. The van der Waals surface area contributed by atoms with Crippen LogP contribution in [-0.4, -0.2) is 0 Å². The van der Waals surface area contributed by atoms with Gasteiger partial charge in [0.2, 0.25) is 0 Å². The van der Waals surface area contributed by atoms with Gasteiger partial charge in [-0.25, -0.2) is 9.82 Å². The highest BCUT2D eigenvalue weighted by Crippen LogP contribution is 2.37. The molecule has 1 aromatic carbocycles. The number of nitrogens with two attached hydrogens (primary N) is 1. The van der Waals surface area contributed by atoms with Gasteiger partial charge in [0.25, 0.3) is 0 Å². The summed E-state index contributed by atoms with van der Waals surface area (Å²) in [5.74, 6) is 5.31. The molecule has 0 bridgehead atoms. The summed E-state index contributed by atoms with van der Waals surface area (Å²) < 4.78 is 14.9. The second kappa shape index (κ2) is 5.58. The lowest BCUT2D eigenvalue weighted by molar-refractivity contribution is 0.618. The van der Waals surface area contributed by atoms with Crippen molar-refractivity contribution < 1.29 is 4.39 Å². The van der Waals surface area contributed by atoms with Crippen molar-refractivity contribution in [3.63, 3.8) is 0 Å². The molecule has 0 aliphatic carbocycles. The van der Waals surface area contributed by atoms with E-state index in [9.17, 15) is 4.39 Å². The van der Waals surface area contributed by atoms with Crippen LogP contribution in [0.3, 0.4) is 0 Å². The van der Waals surface area contributed by atoms with Crippen LogP contribution >= 0.6 is 43.2 Å². The van der Waals surface area contributed by atoms with Crippen LogP contribution in [0.25, 0.3) is 0 Å². The first-order valence-corrected chi connectivity index (χ1v) is 7.18. The molecule has 0 aliphatic heterocycles. The first-order valence-electron chi connectivity index (χ1n) is 4.78. The Labute approximate surface area is 119 Å². The molecule has 0 amide bonds. The molecule has 0 aliphatic rings. The lowest BCUT2D eigenvalue weighted by Crippen LogP contribution is -2.28. The molecule has 17 heavy (non-hydrogen) atoms. The molecule has 1 heterocycles. The Morgan fingerprint density at radius 1 is 1.24 bits per heavy atom. The molecule has 1 unspecified atom stereocenters. The zero-order chi connectivity index (χ0) is 12.4. The monoisotopic (exact) mass is 378 g/mol. The molecule has 2 rings (SSSR count). The van der Waals surface area contributed by atoms with E-state index in [4.69, 9.17) is 5.84 Å². The summed E-state index contributed by atoms with van der Waals surface area (Å²) in [6, 6.07) is 8.16. The average Bonchev–Trinajstić information content (AvgIpc) is 2.63. The SMILES string of the molecule is NNC(c1ccc(F)cc1)c1cc(Br)c(Br)s1.